The number of hydrogen-bond donors (Lipinski definition) is 2. The van der Waals surface area contributed by atoms with E-state index in [9.17, 15) is 14.7 Å². The van der Waals surface area contributed by atoms with Gasteiger partial charge in [-0.25, -0.2) is 4.98 Å². The molecule has 2 aliphatic rings. The van der Waals surface area contributed by atoms with Gasteiger partial charge in [0.1, 0.15) is 0 Å². The molecule has 2 N–H and O–H groups in total. The molecule has 0 aliphatic heterocycles. The van der Waals surface area contributed by atoms with E-state index in [2.05, 4.69) is 15.5 Å². The quantitative estimate of drug-likeness (QED) is 0.892. The lowest BCUT2D eigenvalue weighted by Gasteiger charge is -2.15. The van der Waals surface area contributed by atoms with Gasteiger partial charge in [-0.15, -0.1) is 0 Å². The third kappa shape index (κ3) is 2.18. The van der Waals surface area contributed by atoms with Crippen molar-refractivity contribution < 1.29 is 19.2 Å². The summed E-state index contributed by atoms with van der Waals surface area (Å²) in [6.07, 6.45) is 3.45. The molecule has 0 saturated heterocycles. The molecule has 2 aromatic rings. The number of rotatable bonds is 4. The van der Waals surface area contributed by atoms with Crippen molar-refractivity contribution in [2.75, 3.05) is 0 Å². The molecule has 2 aromatic heterocycles. The van der Waals surface area contributed by atoms with Crippen LogP contribution in [-0.4, -0.2) is 33.2 Å². The van der Waals surface area contributed by atoms with Crippen LogP contribution in [0.2, 0.25) is 0 Å². The molecule has 7 heteroatoms. The number of aliphatic carboxylic acids is 1. The van der Waals surface area contributed by atoms with E-state index >= 15 is 0 Å². The van der Waals surface area contributed by atoms with E-state index in [-0.39, 0.29) is 23.8 Å². The first kappa shape index (κ1) is 15.1. The number of pyridine rings is 1. The Balaban J connectivity index is 1.52. The number of carbonyl (C=O) groups is 2. The lowest BCUT2D eigenvalue weighted by atomic mass is 10.0. The maximum Gasteiger partial charge on any atom is 0.310 e. The first-order valence-electron chi connectivity index (χ1n) is 8.20. The Hall–Kier alpha value is -2.44. The summed E-state index contributed by atoms with van der Waals surface area (Å²) in [6, 6.07) is 1.65. The number of carboxylic acids is 1. The van der Waals surface area contributed by atoms with Crippen LogP contribution >= 0.6 is 0 Å². The number of nitrogens with zero attached hydrogens (tertiary/aromatic N) is 2. The van der Waals surface area contributed by atoms with Gasteiger partial charge in [0, 0.05) is 12.2 Å². The van der Waals surface area contributed by atoms with E-state index in [0.29, 0.717) is 17.7 Å². The second-order valence-electron chi connectivity index (χ2n) is 7.27. The van der Waals surface area contributed by atoms with Gasteiger partial charge in [0.25, 0.3) is 11.6 Å². The minimum absolute atomic E-state index is 0.0879. The lowest BCUT2D eigenvalue weighted by Crippen LogP contribution is -2.35. The van der Waals surface area contributed by atoms with Gasteiger partial charge in [-0.2, -0.15) is 0 Å². The van der Waals surface area contributed by atoms with Crippen molar-refractivity contribution in [2.45, 2.75) is 45.1 Å². The SMILES string of the molecule is CC(C)c1noc2ncc(C(=O)N[C@@H]3C[C@H]4C[C@@]4(C(=O)O)C3)cc12. The van der Waals surface area contributed by atoms with E-state index in [0.717, 1.165) is 23.9 Å². The average Bonchev–Trinajstić information content (AvgIpc) is 2.93. The predicted octanol–water partition coefficient (Wildman–Crippen LogP) is 2.33. The van der Waals surface area contributed by atoms with Crippen molar-refractivity contribution in [1.29, 1.82) is 0 Å². The third-order valence-corrected chi connectivity index (χ3v) is 5.34. The molecule has 2 fully saturated rings. The van der Waals surface area contributed by atoms with Gasteiger partial charge >= 0.3 is 5.97 Å². The maximum absolute atomic E-state index is 12.5. The molecular formula is C17H19N3O4. The van der Waals surface area contributed by atoms with Crippen LogP contribution in [0.15, 0.2) is 16.8 Å². The zero-order chi connectivity index (χ0) is 17.1. The van der Waals surface area contributed by atoms with Crippen molar-refractivity contribution in [3.8, 4) is 0 Å². The van der Waals surface area contributed by atoms with Crippen molar-refractivity contribution in [2.24, 2.45) is 11.3 Å². The number of nitrogens with one attached hydrogen (secondary N) is 1. The smallest absolute Gasteiger partial charge is 0.310 e. The Labute approximate surface area is 138 Å². The van der Waals surface area contributed by atoms with Crippen LogP contribution in [0.5, 0.6) is 0 Å². The number of amides is 1. The van der Waals surface area contributed by atoms with E-state index in [1.165, 1.54) is 6.20 Å². The molecular weight excluding hydrogens is 310 g/mol. The van der Waals surface area contributed by atoms with Crippen molar-refractivity contribution in [1.82, 2.24) is 15.5 Å². The fourth-order valence-electron chi connectivity index (χ4n) is 3.92. The Morgan fingerprint density at radius 2 is 2.21 bits per heavy atom. The summed E-state index contributed by atoms with van der Waals surface area (Å²) in [6.45, 7) is 4.00. The summed E-state index contributed by atoms with van der Waals surface area (Å²) < 4.78 is 5.18. The largest absolute Gasteiger partial charge is 0.481 e. The summed E-state index contributed by atoms with van der Waals surface area (Å²) in [5, 5.41) is 17.0. The molecule has 2 heterocycles. The van der Waals surface area contributed by atoms with Gasteiger partial charge in [-0.3, -0.25) is 9.59 Å². The first-order chi connectivity index (χ1) is 11.4. The highest BCUT2D eigenvalue weighted by Crippen LogP contribution is 2.63. The molecule has 7 nitrogen and oxygen atoms in total. The summed E-state index contributed by atoms with van der Waals surface area (Å²) >= 11 is 0. The number of aromatic nitrogens is 2. The highest BCUT2D eigenvalue weighted by molar-refractivity contribution is 5.97. The summed E-state index contributed by atoms with van der Waals surface area (Å²) in [5.41, 5.74) is 1.04. The van der Waals surface area contributed by atoms with Crippen molar-refractivity contribution >= 4 is 23.0 Å². The Kier molecular flexibility index (Phi) is 3.16. The summed E-state index contributed by atoms with van der Waals surface area (Å²) in [5.74, 6) is -0.597. The Morgan fingerprint density at radius 3 is 2.88 bits per heavy atom. The average molecular weight is 329 g/mol. The molecule has 126 valence electrons. The van der Waals surface area contributed by atoms with Crippen LogP contribution in [0, 0.1) is 11.3 Å². The monoisotopic (exact) mass is 329 g/mol. The molecule has 0 spiro atoms. The van der Waals surface area contributed by atoms with Crippen LogP contribution in [0.1, 0.15) is 55.1 Å². The molecule has 3 atom stereocenters. The van der Waals surface area contributed by atoms with Crippen LogP contribution in [0.25, 0.3) is 11.1 Å². The van der Waals surface area contributed by atoms with Gasteiger partial charge in [0.05, 0.1) is 22.1 Å². The zero-order valence-electron chi connectivity index (χ0n) is 13.6. The van der Waals surface area contributed by atoms with Gasteiger partial charge < -0.3 is 14.9 Å². The molecule has 0 aromatic carbocycles. The summed E-state index contributed by atoms with van der Waals surface area (Å²) in [7, 11) is 0. The minimum atomic E-state index is -0.738. The molecule has 0 unspecified atom stereocenters. The number of hydrogen-bond acceptors (Lipinski definition) is 5. The first-order valence-corrected chi connectivity index (χ1v) is 8.20. The molecule has 2 saturated carbocycles. The van der Waals surface area contributed by atoms with Gasteiger partial charge in [-0.05, 0) is 37.2 Å². The fraction of sp³-hybridized carbons (Fsp3) is 0.529. The van der Waals surface area contributed by atoms with Crippen LogP contribution < -0.4 is 5.32 Å². The van der Waals surface area contributed by atoms with Crippen molar-refractivity contribution in [3.05, 3.63) is 23.5 Å². The van der Waals surface area contributed by atoms with Crippen LogP contribution in [0.4, 0.5) is 0 Å². The molecule has 4 rings (SSSR count). The highest BCUT2D eigenvalue weighted by atomic mass is 16.5. The normalized spacial score (nSPS) is 28.1. The van der Waals surface area contributed by atoms with Gasteiger partial charge in [0.15, 0.2) is 0 Å². The summed E-state index contributed by atoms with van der Waals surface area (Å²) in [4.78, 5) is 28.0. The highest BCUT2D eigenvalue weighted by Gasteiger charge is 2.65. The van der Waals surface area contributed by atoms with Crippen molar-refractivity contribution in [3.63, 3.8) is 0 Å². The van der Waals surface area contributed by atoms with Crippen LogP contribution in [-0.2, 0) is 4.79 Å². The maximum atomic E-state index is 12.5. The minimum Gasteiger partial charge on any atom is -0.481 e. The molecule has 0 radical (unpaired) electrons. The van der Waals surface area contributed by atoms with Gasteiger partial charge in [0.2, 0.25) is 0 Å². The molecule has 0 bridgehead atoms. The predicted molar refractivity (Wildman–Crippen MR) is 84.6 cm³/mol. The second kappa shape index (κ2) is 5.03. The number of carbonyl (C=O) groups excluding carboxylic acids is 1. The van der Waals surface area contributed by atoms with E-state index in [1.807, 2.05) is 13.8 Å². The molecule has 1 amide bonds. The second-order valence-corrected chi connectivity index (χ2v) is 7.27. The van der Waals surface area contributed by atoms with Gasteiger partial charge in [-0.1, -0.05) is 19.0 Å². The number of fused-ring (bicyclic) bond motifs is 2. The van der Waals surface area contributed by atoms with E-state index in [1.54, 1.807) is 6.07 Å². The lowest BCUT2D eigenvalue weighted by molar-refractivity contribution is -0.143. The standard InChI is InChI=1S/C17H19N3O4/c1-8(2)13-12-3-9(7-18-15(12)24-20-13)14(21)19-11-4-10-5-17(10,6-11)16(22)23/h3,7-8,10-11H,4-6H2,1-2H3,(H,19,21)(H,22,23)/t10-,11+,17+/m0/s1. The Bertz CT molecular complexity index is 843. The molecule has 2 aliphatic carbocycles. The third-order valence-electron chi connectivity index (χ3n) is 5.34. The zero-order valence-corrected chi connectivity index (χ0v) is 13.6. The fourth-order valence-corrected chi connectivity index (χ4v) is 3.92. The van der Waals surface area contributed by atoms with Crippen LogP contribution in [0.3, 0.4) is 0 Å². The molecule has 24 heavy (non-hydrogen) atoms. The van der Waals surface area contributed by atoms with E-state index < -0.39 is 11.4 Å². The number of carboxylic acid groups (broad SMARTS) is 1. The topological polar surface area (TPSA) is 105 Å². The van der Waals surface area contributed by atoms with E-state index in [4.69, 9.17) is 4.52 Å². The Morgan fingerprint density at radius 1 is 1.42 bits per heavy atom.